The van der Waals surface area contributed by atoms with Crippen molar-refractivity contribution in [3.05, 3.63) is 52.0 Å². The second kappa shape index (κ2) is 4.25. The molecule has 0 saturated carbocycles. The summed E-state index contributed by atoms with van der Waals surface area (Å²) in [6.07, 6.45) is 0. The molecular weight excluding hydrogens is 273 g/mol. The maximum Gasteiger partial charge on any atom is 0.0641 e. The first-order valence-corrected chi connectivity index (χ1v) is 5.66. The van der Waals surface area contributed by atoms with Gasteiger partial charge in [-0.25, -0.2) is 0 Å². The normalized spacial score (nSPS) is 10.3. The molecule has 0 unspecified atom stereocenters. The van der Waals surface area contributed by atoms with Crippen molar-refractivity contribution in [3.8, 4) is 11.1 Å². The molecule has 2 rings (SSSR count). The Morgan fingerprint density at radius 1 is 0.933 bits per heavy atom. The van der Waals surface area contributed by atoms with Gasteiger partial charge in [-0.05, 0) is 17.7 Å². The molecule has 0 atom stereocenters. The lowest BCUT2D eigenvalue weighted by molar-refractivity contribution is 1.58. The van der Waals surface area contributed by atoms with Gasteiger partial charge in [-0.3, -0.25) is 0 Å². The molecular formula is C12H9BrClN. The lowest BCUT2D eigenvalue weighted by Gasteiger charge is -2.08. The molecule has 1 nitrogen and oxygen atoms in total. The Hall–Kier alpha value is -0.990. The predicted octanol–water partition coefficient (Wildman–Crippen LogP) is 4.35. The second-order valence-corrected chi connectivity index (χ2v) is 4.44. The van der Waals surface area contributed by atoms with Crippen LogP contribution in [0.3, 0.4) is 0 Å². The van der Waals surface area contributed by atoms with Crippen LogP contribution in [0.4, 0.5) is 5.69 Å². The number of hydrogen-bond acceptors (Lipinski definition) is 1. The highest BCUT2D eigenvalue weighted by atomic mass is 79.9. The van der Waals surface area contributed by atoms with Crippen molar-refractivity contribution in [2.45, 2.75) is 0 Å². The summed E-state index contributed by atoms with van der Waals surface area (Å²) in [4.78, 5) is 0. The fraction of sp³-hybridized carbons (Fsp3) is 0. The Morgan fingerprint density at radius 2 is 1.60 bits per heavy atom. The molecule has 0 spiro atoms. The van der Waals surface area contributed by atoms with Crippen LogP contribution in [0.15, 0.2) is 46.9 Å². The standard InChI is InChI=1S/C12H9BrClN/c13-10-6-2-1-4-8(10)9-5-3-7-11(14)12(9)15/h1-7H,15H2. The largest absolute Gasteiger partial charge is 0.397 e. The first kappa shape index (κ1) is 10.5. The van der Waals surface area contributed by atoms with Crippen LogP contribution < -0.4 is 5.73 Å². The zero-order chi connectivity index (χ0) is 10.8. The molecule has 15 heavy (non-hydrogen) atoms. The molecule has 0 radical (unpaired) electrons. The van der Waals surface area contributed by atoms with Crippen molar-refractivity contribution in [1.82, 2.24) is 0 Å². The van der Waals surface area contributed by atoms with E-state index in [4.69, 9.17) is 17.3 Å². The number of para-hydroxylation sites is 1. The van der Waals surface area contributed by atoms with Crippen LogP contribution in [0.2, 0.25) is 5.02 Å². The van der Waals surface area contributed by atoms with Crippen LogP contribution in [0, 0.1) is 0 Å². The lowest BCUT2D eigenvalue weighted by Crippen LogP contribution is -1.91. The molecule has 0 aliphatic heterocycles. The first-order chi connectivity index (χ1) is 7.20. The van der Waals surface area contributed by atoms with Gasteiger partial charge in [0, 0.05) is 10.0 Å². The molecule has 0 aliphatic carbocycles. The minimum absolute atomic E-state index is 0.586. The van der Waals surface area contributed by atoms with Gasteiger partial charge < -0.3 is 5.73 Å². The third kappa shape index (κ3) is 2.01. The Balaban J connectivity index is 2.65. The summed E-state index contributed by atoms with van der Waals surface area (Å²) in [6.45, 7) is 0. The van der Waals surface area contributed by atoms with E-state index >= 15 is 0 Å². The van der Waals surface area contributed by atoms with Crippen LogP contribution in [-0.2, 0) is 0 Å². The Bertz CT molecular complexity index is 497. The highest BCUT2D eigenvalue weighted by Gasteiger charge is 2.07. The quantitative estimate of drug-likeness (QED) is 0.773. The minimum Gasteiger partial charge on any atom is -0.397 e. The van der Waals surface area contributed by atoms with Crippen LogP contribution in [0.25, 0.3) is 11.1 Å². The highest BCUT2D eigenvalue weighted by molar-refractivity contribution is 9.10. The van der Waals surface area contributed by atoms with Gasteiger partial charge in [-0.2, -0.15) is 0 Å². The molecule has 2 aromatic rings. The molecule has 0 amide bonds. The van der Waals surface area contributed by atoms with E-state index in [1.165, 1.54) is 0 Å². The summed E-state index contributed by atoms with van der Waals surface area (Å²) in [5.74, 6) is 0. The van der Waals surface area contributed by atoms with Gasteiger partial charge in [0.2, 0.25) is 0 Å². The van der Waals surface area contributed by atoms with Crippen molar-refractivity contribution in [1.29, 1.82) is 0 Å². The molecule has 0 aromatic heterocycles. The molecule has 0 bridgehead atoms. The topological polar surface area (TPSA) is 26.0 Å². The summed E-state index contributed by atoms with van der Waals surface area (Å²) in [7, 11) is 0. The molecule has 2 N–H and O–H groups in total. The fourth-order valence-electron chi connectivity index (χ4n) is 1.45. The predicted molar refractivity (Wildman–Crippen MR) is 69.0 cm³/mol. The van der Waals surface area contributed by atoms with Crippen molar-refractivity contribution < 1.29 is 0 Å². The molecule has 0 saturated heterocycles. The van der Waals surface area contributed by atoms with Crippen molar-refractivity contribution >= 4 is 33.2 Å². The van der Waals surface area contributed by atoms with Crippen LogP contribution in [0.1, 0.15) is 0 Å². The average Bonchev–Trinajstić information content (AvgIpc) is 2.23. The van der Waals surface area contributed by atoms with Gasteiger partial charge >= 0.3 is 0 Å². The van der Waals surface area contributed by atoms with Gasteiger partial charge in [0.15, 0.2) is 0 Å². The van der Waals surface area contributed by atoms with E-state index in [9.17, 15) is 0 Å². The van der Waals surface area contributed by atoms with Gasteiger partial charge in [0.1, 0.15) is 0 Å². The molecule has 3 heteroatoms. The van der Waals surface area contributed by atoms with Gasteiger partial charge in [-0.1, -0.05) is 57.9 Å². The maximum atomic E-state index is 5.98. The maximum absolute atomic E-state index is 5.98. The number of rotatable bonds is 1. The van der Waals surface area contributed by atoms with E-state index in [2.05, 4.69) is 15.9 Å². The third-order valence-corrected chi connectivity index (χ3v) is 3.24. The van der Waals surface area contributed by atoms with Crippen molar-refractivity contribution in [2.75, 3.05) is 5.73 Å². The molecule has 76 valence electrons. The fourth-order valence-corrected chi connectivity index (χ4v) is 2.12. The summed E-state index contributed by atoms with van der Waals surface area (Å²) in [6, 6.07) is 13.6. The molecule has 0 heterocycles. The zero-order valence-electron chi connectivity index (χ0n) is 7.87. The summed E-state index contributed by atoms with van der Waals surface area (Å²) in [5.41, 5.74) is 8.55. The SMILES string of the molecule is Nc1c(Cl)cccc1-c1ccccc1Br. The molecule has 2 aromatic carbocycles. The van der Waals surface area contributed by atoms with Crippen LogP contribution in [0.5, 0.6) is 0 Å². The van der Waals surface area contributed by atoms with Gasteiger partial charge in [-0.15, -0.1) is 0 Å². The number of anilines is 1. The second-order valence-electron chi connectivity index (χ2n) is 3.18. The number of hydrogen-bond donors (Lipinski definition) is 1. The zero-order valence-corrected chi connectivity index (χ0v) is 10.2. The lowest BCUT2D eigenvalue weighted by atomic mass is 10.0. The monoisotopic (exact) mass is 281 g/mol. The first-order valence-electron chi connectivity index (χ1n) is 4.49. The van der Waals surface area contributed by atoms with E-state index in [1.807, 2.05) is 36.4 Å². The minimum atomic E-state index is 0.586. The summed E-state index contributed by atoms with van der Waals surface area (Å²) < 4.78 is 1.01. The van der Waals surface area contributed by atoms with Gasteiger partial charge in [0.05, 0.1) is 10.7 Å². The van der Waals surface area contributed by atoms with E-state index in [0.29, 0.717) is 10.7 Å². The third-order valence-electron chi connectivity index (χ3n) is 2.22. The van der Waals surface area contributed by atoms with E-state index in [0.717, 1.165) is 15.6 Å². The molecule has 0 aliphatic rings. The molecule has 0 fully saturated rings. The Labute approximate surface area is 102 Å². The highest BCUT2D eigenvalue weighted by Crippen LogP contribution is 2.35. The van der Waals surface area contributed by atoms with Gasteiger partial charge in [0.25, 0.3) is 0 Å². The Morgan fingerprint density at radius 3 is 2.33 bits per heavy atom. The number of nitrogens with two attached hydrogens (primary N) is 1. The number of halogens is 2. The smallest absolute Gasteiger partial charge is 0.0641 e. The van der Waals surface area contributed by atoms with E-state index < -0.39 is 0 Å². The van der Waals surface area contributed by atoms with Crippen molar-refractivity contribution in [3.63, 3.8) is 0 Å². The van der Waals surface area contributed by atoms with E-state index in [-0.39, 0.29) is 0 Å². The van der Waals surface area contributed by atoms with Crippen molar-refractivity contribution in [2.24, 2.45) is 0 Å². The number of benzene rings is 2. The summed E-state index contributed by atoms with van der Waals surface area (Å²) in [5, 5.41) is 0.586. The Kier molecular flexibility index (Phi) is 2.98. The average molecular weight is 283 g/mol. The van der Waals surface area contributed by atoms with E-state index in [1.54, 1.807) is 6.07 Å². The number of nitrogen functional groups attached to an aromatic ring is 1. The summed E-state index contributed by atoms with van der Waals surface area (Å²) >= 11 is 9.47. The van der Waals surface area contributed by atoms with Crippen LogP contribution >= 0.6 is 27.5 Å². The van der Waals surface area contributed by atoms with Crippen LogP contribution in [-0.4, -0.2) is 0 Å².